The lowest BCUT2D eigenvalue weighted by atomic mass is 9.86. The fraction of sp³-hybridized carbons (Fsp3) is 0.607. The highest BCUT2D eigenvalue weighted by Crippen LogP contribution is 2.52. The number of carbonyl (C=O) groups is 1. The molecule has 1 aliphatic carbocycles. The highest BCUT2D eigenvalue weighted by atomic mass is 17.0. The average molecular weight is 577 g/mol. The second-order valence-corrected chi connectivity index (χ2v) is 10.1. The number of nitrogens with zero attached hydrogens (tertiary/aromatic N) is 2. The summed E-state index contributed by atoms with van der Waals surface area (Å²) in [6.07, 6.45) is 5.98. The van der Waals surface area contributed by atoms with Crippen molar-refractivity contribution in [1.82, 2.24) is 0 Å². The molecule has 1 aromatic rings. The van der Waals surface area contributed by atoms with Crippen LogP contribution in [-0.4, -0.2) is 59.6 Å². The largest absolute Gasteiger partial charge is 0.489 e. The maximum atomic E-state index is 12.1. The molecule has 2 aliphatic rings. The van der Waals surface area contributed by atoms with Gasteiger partial charge in [-0.1, -0.05) is 37.3 Å². The molecule has 0 amide bonds. The summed E-state index contributed by atoms with van der Waals surface area (Å²) in [6, 6.07) is 6.07. The Labute approximate surface area is 237 Å². The number of aryl methyl sites for hydroxylation is 1. The van der Waals surface area contributed by atoms with Crippen molar-refractivity contribution in [2.24, 2.45) is 11.8 Å². The molecule has 13 nitrogen and oxygen atoms in total. The van der Waals surface area contributed by atoms with Gasteiger partial charge in [0.2, 0.25) is 0 Å². The van der Waals surface area contributed by atoms with E-state index >= 15 is 0 Å². The fourth-order valence-electron chi connectivity index (χ4n) is 5.12. The molecule has 41 heavy (non-hydrogen) atoms. The second-order valence-electron chi connectivity index (χ2n) is 10.1. The van der Waals surface area contributed by atoms with Gasteiger partial charge in [0.1, 0.15) is 18.5 Å². The van der Waals surface area contributed by atoms with Crippen molar-refractivity contribution in [3.05, 3.63) is 61.7 Å². The Balaban J connectivity index is 1.45. The summed E-state index contributed by atoms with van der Waals surface area (Å²) < 4.78 is 16.4. The summed E-state index contributed by atoms with van der Waals surface area (Å²) in [7, 11) is 0. The lowest BCUT2D eigenvalue weighted by molar-refractivity contribution is -0.790. The van der Waals surface area contributed by atoms with E-state index in [4.69, 9.17) is 14.2 Å². The zero-order valence-corrected chi connectivity index (χ0v) is 23.1. The molecule has 6 atom stereocenters. The van der Waals surface area contributed by atoms with Gasteiger partial charge in [0.05, 0.1) is 12.7 Å². The van der Waals surface area contributed by atoms with Gasteiger partial charge in [0, 0.05) is 24.3 Å². The van der Waals surface area contributed by atoms with Crippen LogP contribution in [0.4, 0.5) is 0 Å². The summed E-state index contributed by atoms with van der Waals surface area (Å²) in [4.78, 5) is 41.1. The first-order chi connectivity index (χ1) is 19.7. The van der Waals surface area contributed by atoms with E-state index in [1.54, 1.807) is 6.92 Å². The number of rotatable bonds is 17. The number of esters is 1. The Hall–Kier alpha value is -3.89. The van der Waals surface area contributed by atoms with Crippen LogP contribution in [0, 0.1) is 43.9 Å². The van der Waals surface area contributed by atoms with Crippen molar-refractivity contribution in [2.45, 2.75) is 76.6 Å². The van der Waals surface area contributed by atoms with E-state index in [0.29, 0.717) is 19.3 Å². The van der Waals surface area contributed by atoms with Crippen molar-refractivity contribution in [1.29, 1.82) is 0 Å². The number of ether oxygens (including phenoxy) is 3. The van der Waals surface area contributed by atoms with E-state index in [2.05, 4.69) is 33.7 Å². The number of para-hydroxylation sites is 1. The molecule has 1 N–H and O–H groups in total. The molecule has 0 spiro atoms. The van der Waals surface area contributed by atoms with Gasteiger partial charge in [-0.2, -0.15) is 0 Å². The number of hydrogen-bond donors (Lipinski definition) is 1. The smallest absolute Gasteiger partial charge is 0.307 e. The number of hydrogen-bond acceptors (Lipinski definition) is 11. The zero-order chi connectivity index (χ0) is 29.8. The average Bonchev–Trinajstić information content (AvgIpc) is 3.51. The number of fused-ring (bicyclic) bond motifs is 3. The van der Waals surface area contributed by atoms with Gasteiger partial charge in [0.25, 0.3) is 10.2 Å². The summed E-state index contributed by atoms with van der Waals surface area (Å²) in [5.74, 6) is 6.79. The lowest BCUT2D eigenvalue weighted by Gasteiger charge is -2.17. The zero-order valence-electron chi connectivity index (χ0n) is 23.1. The van der Waals surface area contributed by atoms with E-state index in [0.717, 1.165) is 29.7 Å². The maximum absolute atomic E-state index is 12.1. The predicted molar refractivity (Wildman–Crippen MR) is 143 cm³/mol. The van der Waals surface area contributed by atoms with Gasteiger partial charge in [-0.25, -0.2) is 0 Å². The van der Waals surface area contributed by atoms with Crippen LogP contribution in [0.3, 0.4) is 0 Å². The first-order valence-electron chi connectivity index (χ1n) is 13.6. The van der Waals surface area contributed by atoms with Crippen LogP contribution in [0.5, 0.6) is 5.75 Å². The molecule has 1 fully saturated rings. The Morgan fingerprint density at radius 3 is 2.78 bits per heavy atom. The second kappa shape index (κ2) is 15.8. The molecule has 0 saturated heterocycles. The van der Waals surface area contributed by atoms with Crippen molar-refractivity contribution in [3.8, 4) is 17.6 Å². The molecule has 1 heterocycles. The Bertz CT molecular complexity index is 1150. The van der Waals surface area contributed by atoms with Crippen LogP contribution in [0.1, 0.15) is 63.0 Å². The standard InChI is InChI=1S/C28H36N2O11/c1-3-4-7-19(2)24(31)14-12-20-13-15-25-27(20)23-10-5-8-21(28(23)40-25)9-6-11-26(32)38-18-37-16-22(41-30(35)36)17-39-29(33)34/h5,8,10,12,14,19-20,22,24-25,27,31H,6-7,9,11,13,15-18H2,1-2H3/b14-12+. The van der Waals surface area contributed by atoms with Crippen LogP contribution < -0.4 is 4.74 Å². The van der Waals surface area contributed by atoms with Gasteiger partial charge in [-0.05, 0) is 50.0 Å². The molecular weight excluding hydrogens is 540 g/mol. The van der Waals surface area contributed by atoms with E-state index in [9.17, 15) is 30.1 Å². The third-order valence-corrected chi connectivity index (χ3v) is 7.18. The topological polar surface area (TPSA) is 170 Å². The Morgan fingerprint density at radius 2 is 2.05 bits per heavy atom. The molecule has 0 radical (unpaired) electrons. The number of aliphatic hydroxyl groups excluding tert-OH is 1. The first kappa shape index (κ1) is 31.6. The monoisotopic (exact) mass is 576 g/mol. The van der Waals surface area contributed by atoms with Gasteiger partial charge in [0.15, 0.2) is 12.9 Å². The van der Waals surface area contributed by atoms with Crippen LogP contribution >= 0.6 is 0 Å². The predicted octanol–water partition coefficient (Wildman–Crippen LogP) is 3.53. The van der Waals surface area contributed by atoms with Gasteiger partial charge >= 0.3 is 5.97 Å². The molecule has 13 heteroatoms. The van der Waals surface area contributed by atoms with Gasteiger partial charge < -0.3 is 29.0 Å². The maximum Gasteiger partial charge on any atom is 0.307 e. The van der Waals surface area contributed by atoms with Crippen LogP contribution in [0.2, 0.25) is 0 Å². The number of allylic oxidation sites excluding steroid dienone is 1. The van der Waals surface area contributed by atoms with Crippen LogP contribution in [-0.2, 0) is 30.4 Å². The van der Waals surface area contributed by atoms with Crippen molar-refractivity contribution in [2.75, 3.05) is 20.0 Å². The van der Waals surface area contributed by atoms with E-state index in [1.165, 1.54) is 0 Å². The molecule has 1 aromatic carbocycles. The minimum Gasteiger partial charge on any atom is -0.489 e. The molecule has 1 aliphatic heterocycles. The normalized spacial score (nSPS) is 21.0. The highest BCUT2D eigenvalue weighted by Gasteiger charge is 2.44. The Morgan fingerprint density at radius 1 is 1.24 bits per heavy atom. The molecule has 6 unspecified atom stereocenters. The third-order valence-electron chi connectivity index (χ3n) is 7.18. The minimum absolute atomic E-state index is 0.0581. The summed E-state index contributed by atoms with van der Waals surface area (Å²) in [5, 5.41) is 29.0. The first-order valence-corrected chi connectivity index (χ1v) is 13.6. The summed E-state index contributed by atoms with van der Waals surface area (Å²) >= 11 is 0. The van der Waals surface area contributed by atoms with Gasteiger partial charge in [-0.15, -0.1) is 32.1 Å². The number of carbonyl (C=O) groups excluding carboxylic acids is 1. The van der Waals surface area contributed by atoms with Crippen molar-refractivity contribution in [3.63, 3.8) is 0 Å². The molecule has 0 aromatic heterocycles. The van der Waals surface area contributed by atoms with Crippen molar-refractivity contribution >= 4 is 5.97 Å². The highest BCUT2D eigenvalue weighted by molar-refractivity contribution is 5.69. The molecular formula is C28H36N2O11. The van der Waals surface area contributed by atoms with Crippen molar-refractivity contribution < 1.29 is 44.0 Å². The lowest BCUT2D eigenvalue weighted by Crippen LogP contribution is -2.29. The number of benzene rings is 1. The molecule has 1 saturated carbocycles. The molecule has 224 valence electrons. The minimum atomic E-state index is -1.35. The van der Waals surface area contributed by atoms with Crippen LogP contribution in [0.25, 0.3) is 0 Å². The molecule has 3 rings (SSSR count). The fourth-order valence-corrected chi connectivity index (χ4v) is 5.12. The van der Waals surface area contributed by atoms with E-state index < -0.39 is 48.4 Å². The van der Waals surface area contributed by atoms with Gasteiger partial charge in [-0.3, -0.25) is 4.79 Å². The van der Waals surface area contributed by atoms with E-state index in [1.807, 2.05) is 25.1 Å². The summed E-state index contributed by atoms with van der Waals surface area (Å²) in [5.41, 5.74) is 2.17. The quantitative estimate of drug-likeness (QED) is 0.0547. The van der Waals surface area contributed by atoms with E-state index in [-0.39, 0.29) is 30.3 Å². The summed E-state index contributed by atoms with van der Waals surface area (Å²) in [6.45, 7) is 2.14. The number of aliphatic hydroxyl groups is 1. The Kier molecular flexibility index (Phi) is 12.2. The third kappa shape index (κ3) is 9.61. The van der Waals surface area contributed by atoms with Crippen LogP contribution in [0.15, 0.2) is 30.4 Å². The molecule has 0 bridgehead atoms. The SMILES string of the molecule is CC#CCC(C)C(O)/C=C/C1CCC2Oc3c(CCCC(=O)OCOCC(CO[N+](=O)[O-])O[N+](=O)[O-])cccc3C12.